The predicted octanol–water partition coefficient (Wildman–Crippen LogP) is 2.96. The van der Waals surface area contributed by atoms with Crippen LogP contribution in [0, 0.1) is 0 Å². The normalized spacial score (nSPS) is 14.8. The Hall–Kier alpha value is -2.57. The smallest absolute Gasteiger partial charge is 0.224 e. The number of halogens is 1. The van der Waals surface area contributed by atoms with Crippen LogP contribution in [0.5, 0.6) is 0 Å². The highest BCUT2D eigenvalue weighted by Crippen LogP contribution is 2.30. The van der Waals surface area contributed by atoms with Crippen molar-refractivity contribution >= 4 is 48.8 Å². The summed E-state index contributed by atoms with van der Waals surface area (Å²) >= 11 is 3.50. The van der Waals surface area contributed by atoms with E-state index in [0.717, 1.165) is 41.5 Å². The number of fused-ring (bicyclic) bond motifs is 2. The molecule has 4 rings (SSSR count). The van der Waals surface area contributed by atoms with Crippen LogP contribution in [0.4, 0.5) is 5.95 Å². The third kappa shape index (κ3) is 5.23. The molecule has 1 amide bonds. The van der Waals surface area contributed by atoms with Gasteiger partial charge in [0.1, 0.15) is 4.60 Å². The molecule has 1 atom stereocenters. The Labute approximate surface area is 207 Å². The van der Waals surface area contributed by atoms with Crippen LogP contribution in [-0.4, -0.2) is 57.7 Å². The summed E-state index contributed by atoms with van der Waals surface area (Å²) in [5, 5.41) is 11.4. The lowest BCUT2D eigenvalue weighted by Crippen LogP contribution is -2.23. The third-order valence-corrected chi connectivity index (χ3v) is 7.82. The number of hydrogen-bond donors (Lipinski definition) is 2. The van der Waals surface area contributed by atoms with E-state index in [2.05, 4.69) is 43.6 Å². The summed E-state index contributed by atoms with van der Waals surface area (Å²) in [5.41, 5.74) is 3.39. The van der Waals surface area contributed by atoms with Crippen molar-refractivity contribution in [3.05, 3.63) is 40.1 Å². The zero-order valence-electron chi connectivity index (χ0n) is 19.4. The van der Waals surface area contributed by atoms with E-state index in [4.69, 9.17) is 4.98 Å². The maximum atomic E-state index is 12.0. The Kier molecular flexibility index (Phi) is 7.20. The van der Waals surface area contributed by atoms with E-state index < -0.39 is 10.0 Å². The first kappa shape index (κ1) is 24.6. The van der Waals surface area contributed by atoms with Gasteiger partial charge < -0.3 is 10.6 Å². The molecule has 0 unspecified atom stereocenters. The second-order valence-corrected chi connectivity index (χ2v) is 11.2. The first-order chi connectivity index (χ1) is 16.2. The fraction of sp³-hybridized carbons (Fsp3) is 0.455. The van der Waals surface area contributed by atoms with E-state index in [1.54, 1.807) is 17.9 Å². The van der Waals surface area contributed by atoms with Gasteiger partial charge in [-0.2, -0.15) is 14.4 Å². The van der Waals surface area contributed by atoms with Crippen LogP contribution in [0.1, 0.15) is 43.7 Å². The summed E-state index contributed by atoms with van der Waals surface area (Å²) in [6.07, 6.45) is 5.93. The topological polar surface area (TPSA) is 122 Å². The Balaban J connectivity index is 1.58. The van der Waals surface area contributed by atoms with E-state index in [1.165, 1.54) is 10.6 Å². The molecule has 0 fully saturated rings. The van der Waals surface area contributed by atoms with Crippen LogP contribution in [0.15, 0.2) is 29.0 Å². The summed E-state index contributed by atoms with van der Waals surface area (Å²) in [6.45, 7) is 2.81. The molecule has 182 valence electrons. The highest BCUT2D eigenvalue weighted by molar-refractivity contribution is 9.10. The van der Waals surface area contributed by atoms with Gasteiger partial charge >= 0.3 is 0 Å². The molecular formula is C22H28BrN7O3S. The van der Waals surface area contributed by atoms with E-state index in [9.17, 15) is 13.2 Å². The molecule has 1 aromatic carbocycles. The minimum absolute atomic E-state index is 0.0373. The number of hydrogen-bond acceptors (Lipinski definition) is 7. The highest BCUT2D eigenvalue weighted by Gasteiger charge is 2.26. The van der Waals surface area contributed by atoms with E-state index in [1.807, 2.05) is 18.2 Å². The highest BCUT2D eigenvalue weighted by atomic mass is 79.9. The van der Waals surface area contributed by atoms with Crippen LogP contribution >= 0.6 is 15.9 Å². The van der Waals surface area contributed by atoms with Gasteiger partial charge in [0, 0.05) is 38.8 Å². The van der Waals surface area contributed by atoms with Crippen LogP contribution in [0.2, 0.25) is 0 Å². The quantitative estimate of drug-likeness (QED) is 0.420. The second kappa shape index (κ2) is 9.96. The number of anilines is 1. The Morgan fingerprint density at radius 1 is 1.26 bits per heavy atom. The molecule has 0 radical (unpaired) electrons. The summed E-state index contributed by atoms with van der Waals surface area (Å²) in [5.74, 6) is 0.535. The van der Waals surface area contributed by atoms with Crippen LogP contribution in [0.25, 0.3) is 16.7 Å². The number of nitrogens with one attached hydrogen (secondary N) is 2. The molecule has 3 aromatic rings. The van der Waals surface area contributed by atoms with E-state index in [-0.39, 0.29) is 11.9 Å². The first-order valence-corrected chi connectivity index (χ1v) is 13.8. The van der Waals surface area contributed by atoms with Gasteiger partial charge in [0.25, 0.3) is 0 Å². The zero-order chi connectivity index (χ0) is 24.5. The maximum Gasteiger partial charge on any atom is 0.224 e. The minimum Gasteiger partial charge on any atom is -0.359 e. The average Bonchev–Trinajstić information content (AvgIpc) is 3.39. The fourth-order valence-corrected chi connectivity index (χ4v) is 5.21. The summed E-state index contributed by atoms with van der Waals surface area (Å²) < 4.78 is 27.7. The molecule has 12 heteroatoms. The molecular weight excluding hydrogens is 522 g/mol. The number of amides is 1. The van der Waals surface area contributed by atoms with Gasteiger partial charge in [0.15, 0.2) is 5.65 Å². The average molecular weight is 550 g/mol. The van der Waals surface area contributed by atoms with Crippen molar-refractivity contribution in [2.45, 2.75) is 51.7 Å². The SMILES string of the molecule is CC[C@@H](CCCC(=O)NC)Nc1ncc2c(Br)nn(-c3ccc4c(c3)CN(S(C)(=O)=O)C4)c2n1. The molecule has 3 heterocycles. The number of carbonyl (C=O) groups is 1. The van der Waals surface area contributed by atoms with Crippen molar-refractivity contribution in [2.75, 3.05) is 18.6 Å². The molecule has 1 aliphatic rings. The molecule has 34 heavy (non-hydrogen) atoms. The monoisotopic (exact) mass is 549 g/mol. The van der Waals surface area contributed by atoms with Crippen molar-refractivity contribution in [2.24, 2.45) is 0 Å². The van der Waals surface area contributed by atoms with Gasteiger partial charge in [-0.05, 0) is 58.5 Å². The van der Waals surface area contributed by atoms with Crippen molar-refractivity contribution in [3.8, 4) is 5.69 Å². The van der Waals surface area contributed by atoms with Gasteiger partial charge in [0.2, 0.25) is 21.9 Å². The van der Waals surface area contributed by atoms with Gasteiger partial charge in [-0.1, -0.05) is 13.0 Å². The number of carbonyl (C=O) groups excluding carboxylic acids is 1. The number of benzene rings is 1. The lowest BCUT2D eigenvalue weighted by atomic mass is 10.1. The van der Waals surface area contributed by atoms with Crippen LogP contribution in [0.3, 0.4) is 0 Å². The van der Waals surface area contributed by atoms with Crippen molar-refractivity contribution < 1.29 is 13.2 Å². The molecule has 10 nitrogen and oxygen atoms in total. The molecule has 0 bridgehead atoms. The Morgan fingerprint density at radius 2 is 2.03 bits per heavy atom. The van der Waals surface area contributed by atoms with Gasteiger partial charge in [-0.3, -0.25) is 4.79 Å². The molecule has 2 N–H and O–H groups in total. The third-order valence-electron chi connectivity index (χ3n) is 6.04. The first-order valence-electron chi connectivity index (χ1n) is 11.1. The number of rotatable bonds is 9. The second-order valence-electron chi connectivity index (χ2n) is 8.43. The van der Waals surface area contributed by atoms with Gasteiger partial charge in [0.05, 0.1) is 17.3 Å². The lowest BCUT2D eigenvalue weighted by molar-refractivity contribution is -0.120. The summed E-state index contributed by atoms with van der Waals surface area (Å²) in [7, 11) is -1.62. The van der Waals surface area contributed by atoms with Crippen LogP contribution < -0.4 is 10.6 Å². The van der Waals surface area contributed by atoms with Gasteiger partial charge in [-0.25, -0.2) is 18.1 Å². The number of aromatic nitrogens is 4. The molecule has 0 spiro atoms. The minimum atomic E-state index is -3.26. The van der Waals surface area contributed by atoms with Crippen LogP contribution in [-0.2, 0) is 27.9 Å². The van der Waals surface area contributed by atoms with Crippen molar-refractivity contribution in [1.29, 1.82) is 0 Å². The Morgan fingerprint density at radius 3 is 2.74 bits per heavy atom. The number of sulfonamides is 1. The fourth-order valence-electron chi connectivity index (χ4n) is 4.03. The van der Waals surface area contributed by atoms with E-state index in [0.29, 0.717) is 35.7 Å². The van der Waals surface area contributed by atoms with Crippen molar-refractivity contribution in [1.82, 2.24) is 29.4 Å². The van der Waals surface area contributed by atoms with E-state index >= 15 is 0 Å². The zero-order valence-corrected chi connectivity index (χ0v) is 21.8. The standard InChI is InChI=1S/C22H28BrN7O3S/c1-4-16(6-5-7-19(31)24-2)26-22-25-11-18-20(23)28-30(21(18)27-22)17-9-8-14-12-29(34(3,32)33)13-15(14)10-17/h8-11,16H,4-7,12-13H2,1-3H3,(H,24,31)(H,25,26,27)/t16-/m0/s1. The lowest BCUT2D eigenvalue weighted by Gasteiger charge is -2.16. The molecule has 0 saturated carbocycles. The summed E-state index contributed by atoms with van der Waals surface area (Å²) in [6, 6.07) is 5.97. The molecule has 2 aromatic heterocycles. The van der Waals surface area contributed by atoms with Gasteiger partial charge in [-0.15, -0.1) is 0 Å². The molecule has 1 aliphatic heterocycles. The largest absolute Gasteiger partial charge is 0.359 e. The molecule has 0 saturated heterocycles. The summed E-state index contributed by atoms with van der Waals surface area (Å²) in [4.78, 5) is 20.7. The Bertz CT molecular complexity index is 1330. The predicted molar refractivity (Wildman–Crippen MR) is 134 cm³/mol. The number of nitrogens with zero attached hydrogens (tertiary/aromatic N) is 5. The molecule has 0 aliphatic carbocycles. The van der Waals surface area contributed by atoms with Crippen molar-refractivity contribution in [3.63, 3.8) is 0 Å². The maximum absolute atomic E-state index is 12.0.